The van der Waals surface area contributed by atoms with Crippen LogP contribution in [0.4, 0.5) is 0 Å². The molecule has 1 aromatic carbocycles. The Balaban J connectivity index is 1.61. The van der Waals surface area contributed by atoms with Gasteiger partial charge in [-0.15, -0.1) is 0 Å². The van der Waals surface area contributed by atoms with Crippen molar-refractivity contribution in [2.75, 3.05) is 32.8 Å². The van der Waals surface area contributed by atoms with Crippen molar-refractivity contribution < 1.29 is 22.7 Å². The van der Waals surface area contributed by atoms with Crippen LogP contribution in [0.1, 0.15) is 19.3 Å². The number of benzene rings is 1. The topological polar surface area (TPSA) is 84.9 Å². The number of carbonyl (C=O) groups excluding carboxylic acids is 1. The van der Waals surface area contributed by atoms with Crippen molar-refractivity contribution in [2.45, 2.75) is 24.2 Å². The molecule has 0 aromatic heterocycles. The summed E-state index contributed by atoms with van der Waals surface area (Å²) in [7, 11) is -3.64. The van der Waals surface area contributed by atoms with Gasteiger partial charge in [0.25, 0.3) is 0 Å². The Morgan fingerprint density at radius 2 is 1.91 bits per heavy atom. The number of hydrogen-bond acceptors (Lipinski definition) is 5. The molecule has 2 aliphatic rings. The zero-order valence-corrected chi connectivity index (χ0v) is 13.6. The van der Waals surface area contributed by atoms with Gasteiger partial charge in [-0.25, -0.2) is 13.1 Å². The van der Waals surface area contributed by atoms with Gasteiger partial charge < -0.3 is 14.4 Å². The predicted molar refractivity (Wildman–Crippen MR) is 83.1 cm³/mol. The zero-order valence-electron chi connectivity index (χ0n) is 12.8. The first-order valence-corrected chi connectivity index (χ1v) is 9.22. The zero-order chi connectivity index (χ0) is 16.3. The number of likely N-dealkylation sites (tertiary alicyclic amines) is 1. The molecule has 1 saturated heterocycles. The Bertz CT molecular complexity index is 689. The number of piperidine rings is 1. The van der Waals surface area contributed by atoms with Gasteiger partial charge in [-0.3, -0.25) is 4.79 Å². The van der Waals surface area contributed by atoms with Gasteiger partial charge in [0.2, 0.25) is 15.9 Å². The van der Waals surface area contributed by atoms with E-state index in [1.165, 1.54) is 12.1 Å². The van der Waals surface area contributed by atoms with Crippen LogP contribution >= 0.6 is 0 Å². The Labute approximate surface area is 135 Å². The number of ether oxygens (including phenoxy) is 2. The molecule has 1 N–H and O–H groups in total. The highest BCUT2D eigenvalue weighted by molar-refractivity contribution is 7.89. The first-order valence-electron chi connectivity index (χ1n) is 7.73. The number of hydrogen-bond donors (Lipinski definition) is 1. The lowest BCUT2D eigenvalue weighted by molar-refractivity contribution is -0.133. The molecule has 0 unspecified atom stereocenters. The van der Waals surface area contributed by atoms with Gasteiger partial charge in [-0.2, -0.15) is 0 Å². The smallest absolute Gasteiger partial charge is 0.240 e. The quantitative estimate of drug-likeness (QED) is 0.855. The summed E-state index contributed by atoms with van der Waals surface area (Å²) >= 11 is 0. The Morgan fingerprint density at radius 1 is 1.13 bits per heavy atom. The molecule has 0 spiro atoms. The highest BCUT2D eigenvalue weighted by Gasteiger charge is 2.21. The third-order valence-corrected chi connectivity index (χ3v) is 5.38. The molecule has 0 saturated carbocycles. The molecular formula is C15H20N2O5S. The SMILES string of the molecule is O=C1CCCCN1CCNS(=O)(=O)c1ccc2c(c1)OCCO2. The standard InChI is InChI=1S/C15H20N2O5S/c18-15-3-1-2-7-17(15)8-6-16-23(19,20)12-4-5-13-14(11-12)22-10-9-21-13/h4-5,11,16H,1-3,6-10H2. The maximum atomic E-state index is 12.3. The minimum absolute atomic E-state index is 0.0924. The number of amides is 1. The van der Waals surface area contributed by atoms with Gasteiger partial charge in [0.05, 0.1) is 4.90 Å². The molecule has 8 heteroatoms. The fraction of sp³-hybridized carbons (Fsp3) is 0.533. The monoisotopic (exact) mass is 340 g/mol. The average Bonchev–Trinajstić information content (AvgIpc) is 2.56. The molecule has 7 nitrogen and oxygen atoms in total. The number of carbonyl (C=O) groups is 1. The van der Waals surface area contributed by atoms with E-state index in [0.717, 1.165) is 12.8 Å². The summed E-state index contributed by atoms with van der Waals surface area (Å²) in [5, 5.41) is 0. The summed E-state index contributed by atoms with van der Waals surface area (Å²) in [6.07, 6.45) is 2.44. The lowest BCUT2D eigenvalue weighted by atomic mass is 10.1. The lowest BCUT2D eigenvalue weighted by Gasteiger charge is -2.26. The highest BCUT2D eigenvalue weighted by atomic mass is 32.2. The molecule has 3 rings (SSSR count). The average molecular weight is 340 g/mol. The molecule has 2 heterocycles. The van der Waals surface area contributed by atoms with E-state index in [9.17, 15) is 13.2 Å². The lowest BCUT2D eigenvalue weighted by Crippen LogP contribution is -2.41. The van der Waals surface area contributed by atoms with Crippen molar-refractivity contribution >= 4 is 15.9 Å². The van der Waals surface area contributed by atoms with Gasteiger partial charge in [0.15, 0.2) is 11.5 Å². The fourth-order valence-electron chi connectivity index (χ4n) is 2.69. The molecule has 0 atom stereocenters. The van der Waals surface area contributed by atoms with Crippen molar-refractivity contribution in [3.63, 3.8) is 0 Å². The molecule has 126 valence electrons. The van der Waals surface area contributed by atoms with Crippen molar-refractivity contribution in [1.82, 2.24) is 9.62 Å². The Hall–Kier alpha value is -1.80. The molecule has 0 radical (unpaired) electrons. The van der Waals surface area contributed by atoms with Crippen LogP contribution in [0.2, 0.25) is 0 Å². The van der Waals surface area contributed by atoms with E-state index in [1.54, 1.807) is 11.0 Å². The van der Waals surface area contributed by atoms with Crippen molar-refractivity contribution in [3.05, 3.63) is 18.2 Å². The van der Waals surface area contributed by atoms with Crippen LogP contribution in [-0.2, 0) is 14.8 Å². The van der Waals surface area contributed by atoms with Gasteiger partial charge in [-0.1, -0.05) is 0 Å². The minimum atomic E-state index is -3.64. The minimum Gasteiger partial charge on any atom is -0.486 e. The molecule has 1 aromatic rings. The summed E-state index contributed by atoms with van der Waals surface area (Å²) in [5.41, 5.74) is 0. The fourth-order valence-corrected chi connectivity index (χ4v) is 3.72. The molecule has 0 aliphatic carbocycles. The maximum absolute atomic E-state index is 12.3. The maximum Gasteiger partial charge on any atom is 0.240 e. The van der Waals surface area contributed by atoms with E-state index in [1.807, 2.05) is 0 Å². The van der Waals surface area contributed by atoms with Gasteiger partial charge in [0.1, 0.15) is 13.2 Å². The van der Waals surface area contributed by atoms with Gasteiger partial charge >= 0.3 is 0 Å². The molecule has 0 bridgehead atoms. The number of sulfonamides is 1. The second-order valence-electron chi connectivity index (χ2n) is 5.54. The van der Waals surface area contributed by atoms with Crippen LogP contribution < -0.4 is 14.2 Å². The second-order valence-corrected chi connectivity index (χ2v) is 7.31. The molecule has 2 aliphatic heterocycles. The number of fused-ring (bicyclic) bond motifs is 1. The summed E-state index contributed by atoms with van der Waals surface area (Å²) in [6, 6.07) is 4.54. The number of rotatable bonds is 5. The van der Waals surface area contributed by atoms with Crippen LogP contribution in [0.25, 0.3) is 0 Å². The van der Waals surface area contributed by atoms with Crippen LogP contribution in [0.15, 0.2) is 23.1 Å². The highest BCUT2D eigenvalue weighted by Crippen LogP contribution is 2.32. The van der Waals surface area contributed by atoms with Crippen LogP contribution in [-0.4, -0.2) is 52.1 Å². The molecule has 1 fully saturated rings. The molecular weight excluding hydrogens is 320 g/mol. The van der Waals surface area contributed by atoms with Crippen molar-refractivity contribution in [1.29, 1.82) is 0 Å². The Morgan fingerprint density at radius 3 is 2.70 bits per heavy atom. The van der Waals surface area contributed by atoms with Crippen LogP contribution in [0.3, 0.4) is 0 Å². The van der Waals surface area contributed by atoms with E-state index in [-0.39, 0.29) is 17.3 Å². The molecule has 23 heavy (non-hydrogen) atoms. The second kappa shape index (κ2) is 6.76. The predicted octanol–water partition coefficient (Wildman–Crippen LogP) is 0.749. The van der Waals surface area contributed by atoms with E-state index < -0.39 is 10.0 Å². The van der Waals surface area contributed by atoms with Crippen LogP contribution in [0.5, 0.6) is 11.5 Å². The summed E-state index contributed by atoms with van der Waals surface area (Å²) in [4.78, 5) is 13.5. The van der Waals surface area contributed by atoms with Crippen LogP contribution in [0, 0.1) is 0 Å². The van der Waals surface area contributed by atoms with E-state index in [4.69, 9.17) is 9.47 Å². The summed E-state index contributed by atoms with van der Waals surface area (Å²) in [6.45, 7) is 2.15. The normalized spacial score (nSPS) is 18.1. The third-order valence-electron chi connectivity index (χ3n) is 3.92. The van der Waals surface area contributed by atoms with E-state index >= 15 is 0 Å². The number of nitrogens with one attached hydrogen (secondary N) is 1. The van der Waals surface area contributed by atoms with E-state index in [0.29, 0.717) is 44.2 Å². The summed E-state index contributed by atoms with van der Waals surface area (Å²) in [5.74, 6) is 1.08. The Kier molecular flexibility index (Phi) is 4.72. The summed E-state index contributed by atoms with van der Waals surface area (Å²) < 4.78 is 38.0. The third kappa shape index (κ3) is 3.76. The molecule has 1 amide bonds. The largest absolute Gasteiger partial charge is 0.486 e. The first kappa shape index (κ1) is 16.1. The number of nitrogens with zero attached hydrogens (tertiary/aromatic N) is 1. The van der Waals surface area contributed by atoms with E-state index in [2.05, 4.69) is 4.72 Å². The van der Waals surface area contributed by atoms with Gasteiger partial charge in [-0.05, 0) is 25.0 Å². The van der Waals surface area contributed by atoms with Gasteiger partial charge in [0, 0.05) is 32.1 Å². The first-order chi connectivity index (χ1) is 11.1. The van der Waals surface area contributed by atoms with Crippen molar-refractivity contribution in [2.24, 2.45) is 0 Å². The van der Waals surface area contributed by atoms with Crippen molar-refractivity contribution in [3.8, 4) is 11.5 Å².